The highest BCUT2D eigenvalue weighted by atomic mass is 16.2. The van der Waals surface area contributed by atoms with Gasteiger partial charge >= 0.3 is 0 Å². The van der Waals surface area contributed by atoms with Gasteiger partial charge in [0.2, 0.25) is 5.91 Å². The Kier molecular flexibility index (Phi) is 2.18. The van der Waals surface area contributed by atoms with Crippen molar-refractivity contribution in [1.29, 1.82) is 0 Å². The lowest BCUT2D eigenvalue weighted by atomic mass is 10.1. The molecule has 17 heavy (non-hydrogen) atoms. The Morgan fingerprint density at radius 1 is 1.24 bits per heavy atom. The molecule has 0 fully saturated rings. The van der Waals surface area contributed by atoms with E-state index in [0.717, 1.165) is 16.8 Å². The number of nitrogens with zero attached hydrogens (tertiary/aromatic N) is 2. The summed E-state index contributed by atoms with van der Waals surface area (Å²) < 4.78 is 0. The van der Waals surface area contributed by atoms with E-state index in [2.05, 4.69) is 4.98 Å². The van der Waals surface area contributed by atoms with E-state index in [0.29, 0.717) is 12.2 Å². The van der Waals surface area contributed by atoms with Gasteiger partial charge in [-0.25, -0.2) is 4.98 Å². The van der Waals surface area contributed by atoms with Gasteiger partial charge in [-0.2, -0.15) is 0 Å². The summed E-state index contributed by atoms with van der Waals surface area (Å²) in [5.74, 6) is 0.783. The van der Waals surface area contributed by atoms with Gasteiger partial charge in [-0.1, -0.05) is 18.2 Å². The van der Waals surface area contributed by atoms with Gasteiger partial charge in [-0.3, -0.25) is 9.69 Å². The van der Waals surface area contributed by atoms with Crippen LogP contribution in [0.1, 0.15) is 11.1 Å². The van der Waals surface area contributed by atoms with Gasteiger partial charge in [-0.15, -0.1) is 0 Å². The third-order valence-corrected chi connectivity index (χ3v) is 2.95. The summed E-state index contributed by atoms with van der Waals surface area (Å²) in [6.45, 7) is 2.03. The first-order chi connectivity index (χ1) is 8.25. The molecule has 3 nitrogen and oxygen atoms in total. The maximum absolute atomic E-state index is 12.0. The van der Waals surface area contributed by atoms with Gasteiger partial charge in [0, 0.05) is 6.20 Å². The van der Waals surface area contributed by atoms with Gasteiger partial charge in [0.05, 0.1) is 12.1 Å². The van der Waals surface area contributed by atoms with Crippen molar-refractivity contribution in [3.8, 4) is 0 Å². The van der Waals surface area contributed by atoms with Crippen molar-refractivity contribution in [3.05, 3.63) is 53.7 Å². The molecule has 0 saturated heterocycles. The SMILES string of the molecule is Cc1ccc2c(c1)N(c1ccccn1)C(=O)C2. The Morgan fingerprint density at radius 3 is 2.88 bits per heavy atom. The minimum atomic E-state index is 0.0873. The van der Waals surface area contributed by atoms with Crippen LogP contribution in [0.25, 0.3) is 0 Å². The molecule has 1 aliphatic heterocycles. The van der Waals surface area contributed by atoms with Crippen molar-refractivity contribution in [2.45, 2.75) is 13.3 Å². The zero-order valence-corrected chi connectivity index (χ0v) is 9.55. The Morgan fingerprint density at radius 2 is 2.12 bits per heavy atom. The summed E-state index contributed by atoms with van der Waals surface area (Å²) in [6, 6.07) is 11.7. The molecule has 0 bridgehead atoms. The van der Waals surface area contributed by atoms with Crippen LogP contribution in [0, 0.1) is 6.92 Å². The molecule has 3 rings (SSSR count). The number of carbonyl (C=O) groups excluding carboxylic acids is 1. The Hall–Kier alpha value is -2.16. The number of pyridine rings is 1. The van der Waals surface area contributed by atoms with Crippen molar-refractivity contribution >= 4 is 17.4 Å². The van der Waals surface area contributed by atoms with Gasteiger partial charge in [0.1, 0.15) is 5.82 Å². The van der Waals surface area contributed by atoms with Gasteiger partial charge in [-0.05, 0) is 36.2 Å². The van der Waals surface area contributed by atoms with Crippen molar-refractivity contribution in [1.82, 2.24) is 4.98 Å². The summed E-state index contributed by atoms with van der Waals surface area (Å²) in [4.78, 5) is 18.0. The molecule has 0 saturated carbocycles. The van der Waals surface area contributed by atoms with Crippen LogP contribution < -0.4 is 4.90 Å². The highest BCUT2D eigenvalue weighted by Gasteiger charge is 2.28. The molecule has 3 heteroatoms. The van der Waals surface area contributed by atoms with E-state index in [1.165, 1.54) is 0 Å². The predicted molar refractivity (Wildman–Crippen MR) is 66.3 cm³/mol. The van der Waals surface area contributed by atoms with Crippen LogP contribution in [-0.2, 0) is 11.2 Å². The number of benzene rings is 1. The highest BCUT2D eigenvalue weighted by molar-refractivity contribution is 6.06. The molecule has 84 valence electrons. The van der Waals surface area contributed by atoms with Crippen LogP contribution in [-0.4, -0.2) is 10.9 Å². The van der Waals surface area contributed by atoms with Crippen LogP contribution in [0.3, 0.4) is 0 Å². The van der Waals surface area contributed by atoms with E-state index in [-0.39, 0.29) is 5.91 Å². The summed E-state index contributed by atoms with van der Waals surface area (Å²) >= 11 is 0. The molecular weight excluding hydrogens is 212 g/mol. The monoisotopic (exact) mass is 224 g/mol. The molecule has 0 N–H and O–H groups in total. The molecule has 0 unspecified atom stereocenters. The number of anilines is 2. The maximum Gasteiger partial charge on any atom is 0.237 e. The summed E-state index contributed by atoms with van der Waals surface area (Å²) in [5.41, 5.74) is 3.19. The third kappa shape index (κ3) is 1.60. The summed E-state index contributed by atoms with van der Waals surface area (Å²) in [7, 11) is 0. The second-order valence-electron chi connectivity index (χ2n) is 4.23. The Balaban J connectivity index is 2.14. The summed E-state index contributed by atoms with van der Waals surface area (Å²) in [5, 5.41) is 0. The number of hydrogen-bond acceptors (Lipinski definition) is 2. The van der Waals surface area contributed by atoms with Crippen LogP contribution in [0.5, 0.6) is 0 Å². The standard InChI is InChI=1S/C14H12N2O/c1-10-5-6-11-9-14(17)16(12(11)8-10)13-4-2-3-7-15-13/h2-8H,9H2,1H3. The lowest BCUT2D eigenvalue weighted by Gasteiger charge is -2.16. The highest BCUT2D eigenvalue weighted by Crippen LogP contribution is 2.34. The molecule has 2 aromatic rings. The number of carbonyl (C=O) groups is 1. The first-order valence-corrected chi connectivity index (χ1v) is 5.59. The molecule has 0 atom stereocenters. The fourth-order valence-electron chi connectivity index (χ4n) is 2.15. The number of fused-ring (bicyclic) bond motifs is 1. The molecule has 2 heterocycles. The van der Waals surface area contributed by atoms with Crippen molar-refractivity contribution in [2.24, 2.45) is 0 Å². The minimum absolute atomic E-state index is 0.0873. The molecule has 1 aromatic carbocycles. The van der Waals surface area contributed by atoms with E-state index < -0.39 is 0 Å². The topological polar surface area (TPSA) is 33.2 Å². The molecule has 0 spiro atoms. The Bertz CT molecular complexity index is 578. The van der Waals surface area contributed by atoms with E-state index in [9.17, 15) is 4.79 Å². The third-order valence-electron chi connectivity index (χ3n) is 2.95. The van der Waals surface area contributed by atoms with E-state index in [1.807, 2.05) is 43.3 Å². The zero-order valence-electron chi connectivity index (χ0n) is 9.55. The van der Waals surface area contributed by atoms with Crippen LogP contribution >= 0.6 is 0 Å². The first kappa shape index (κ1) is 10.0. The number of amides is 1. The Labute approximate surface area is 99.7 Å². The first-order valence-electron chi connectivity index (χ1n) is 5.59. The van der Waals surface area contributed by atoms with E-state index in [1.54, 1.807) is 11.1 Å². The molecule has 1 amide bonds. The summed E-state index contributed by atoms with van der Waals surface area (Å²) in [6.07, 6.45) is 2.17. The van der Waals surface area contributed by atoms with Crippen LogP contribution in [0.4, 0.5) is 11.5 Å². The normalized spacial score (nSPS) is 13.9. The van der Waals surface area contributed by atoms with Crippen molar-refractivity contribution in [2.75, 3.05) is 4.90 Å². The zero-order chi connectivity index (χ0) is 11.8. The molecule has 0 aliphatic carbocycles. The van der Waals surface area contributed by atoms with Crippen LogP contribution in [0.2, 0.25) is 0 Å². The van der Waals surface area contributed by atoms with Crippen LogP contribution in [0.15, 0.2) is 42.6 Å². The second kappa shape index (κ2) is 3.70. The largest absolute Gasteiger partial charge is 0.274 e. The molecule has 0 radical (unpaired) electrons. The second-order valence-corrected chi connectivity index (χ2v) is 4.23. The predicted octanol–water partition coefficient (Wildman–Crippen LogP) is 2.61. The van der Waals surface area contributed by atoms with Gasteiger partial charge in [0.15, 0.2) is 0 Å². The van der Waals surface area contributed by atoms with Crippen molar-refractivity contribution < 1.29 is 4.79 Å². The lowest BCUT2D eigenvalue weighted by Crippen LogP contribution is -2.21. The maximum atomic E-state index is 12.0. The van der Waals surface area contributed by atoms with Gasteiger partial charge < -0.3 is 0 Å². The number of aryl methyl sites for hydroxylation is 1. The smallest absolute Gasteiger partial charge is 0.237 e. The number of aromatic nitrogens is 1. The fraction of sp³-hybridized carbons (Fsp3) is 0.143. The lowest BCUT2D eigenvalue weighted by molar-refractivity contribution is -0.116. The molecule has 1 aliphatic rings. The minimum Gasteiger partial charge on any atom is -0.274 e. The molecule has 1 aromatic heterocycles. The average Bonchev–Trinajstić information content (AvgIpc) is 2.65. The molecular formula is C14H12N2O. The van der Waals surface area contributed by atoms with E-state index >= 15 is 0 Å². The van der Waals surface area contributed by atoms with E-state index in [4.69, 9.17) is 0 Å². The van der Waals surface area contributed by atoms with Crippen molar-refractivity contribution in [3.63, 3.8) is 0 Å². The van der Waals surface area contributed by atoms with Gasteiger partial charge in [0.25, 0.3) is 0 Å². The number of rotatable bonds is 1. The fourth-order valence-corrected chi connectivity index (χ4v) is 2.15. The quantitative estimate of drug-likeness (QED) is 0.746. The average molecular weight is 224 g/mol. The number of hydrogen-bond donors (Lipinski definition) is 0.